The van der Waals surface area contributed by atoms with Gasteiger partial charge in [-0.3, -0.25) is 9.79 Å². The van der Waals surface area contributed by atoms with Crippen molar-refractivity contribution in [2.24, 2.45) is 4.99 Å². The van der Waals surface area contributed by atoms with Crippen LogP contribution in [0, 0.1) is 0 Å². The maximum absolute atomic E-state index is 12.0. The molecule has 0 bridgehead atoms. The lowest BCUT2D eigenvalue weighted by Gasteiger charge is -2.26. The second kappa shape index (κ2) is 7.45. The summed E-state index contributed by atoms with van der Waals surface area (Å²) in [7, 11) is 1.61. The molecule has 0 spiro atoms. The molecule has 2 aromatic rings. The largest absolute Gasteiger partial charge is 0.493 e. The molecule has 2 aliphatic rings. The number of nitrogens with one attached hydrogen (secondary N) is 1. The fourth-order valence-corrected chi connectivity index (χ4v) is 3.64. The number of carbonyl (C=O) groups excluding carboxylic acids is 1. The average Bonchev–Trinajstić information content (AvgIpc) is 3.14. The van der Waals surface area contributed by atoms with Crippen molar-refractivity contribution in [3.8, 4) is 11.5 Å². The van der Waals surface area contributed by atoms with Crippen LogP contribution in [-0.4, -0.2) is 25.4 Å². The number of hydrogen-bond acceptors (Lipinski definition) is 4. The zero-order chi connectivity index (χ0) is 18.8. The van der Waals surface area contributed by atoms with Crippen LogP contribution < -0.4 is 14.8 Å². The van der Waals surface area contributed by atoms with Crippen LogP contribution in [0.4, 0.5) is 0 Å². The van der Waals surface area contributed by atoms with E-state index in [-0.39, 0.29) is 11.8 Å². The minimum atomic E-state index is -0.0177. The fraction of sp³-hybridized carbons (Fsp3) is 0.238. The number of rotatable bonds is 5. The summed E-state index contributed by atoms with van der Waals surface area (Å²) >= 11 is 6.02. The Morgan fingerprint density at radius 2 is 2.11 bits per heavy atom. The Hall–Kier alpha value is -2.79. The van der Waals surface area contributed by atoms with Gasteiger partial charge in [0.05, 0.1) is 13.7 Å². The average molecular weight is 383 g/mol. The minimum Gasteiger partial charge on any atom is -0.493 e. The number of amides is 1. The van der Waals surface area contributed by atoms with Crippen LogP contribution in [0.2, 0.25) is 5.02 Å². The number of amidine groups is 1. The molecule has 1 atom stereocenters. The lowest BCUT2D eigenvalue weighted by Crippen LogP contribution is -2.38. The number of aliphatic imine (C=N–C) groups is 1. The summed E-state index contributed by atoms with van der Waals surface area (Å²) in [5.41, 5.74) is 3.07. The molecule has 1 saturated heterocycles. The van der Waals surface area contributed by atoms with E-state index in [4.69, 9.17) is 21.1 Å². The topological polar surface area (TPSA) is 59.9 Å². The number of benzene rings is 2. The molecular weight excluding hydrogens is 364 g/mol. The number of hydrogen-bond donors (Lipinski definition) is 1. The van der Waals surface area contributed by atoms with Crippen LogP contribution in [0.3, 0.4) is 0 Å². The van der Waals surface area contributed by atoms with E-state index in [0.29, 0.717) is 41.9 Å². The van der Waals surface area contributed by atoms with Gasteiger partial charge in [-0.05, 0) is 35.4 Å². The van der Waals surface area contributed by atoms with Crippen LogP contribution in [0.5, 0.6) is 11.5 Å². The molecule has 2 aliphatic heterocycles. The van der Waals surface area contributed by atoms with Gasteiger partial charge in [0.1, 0.15) is 12.4 Å². The highest BCUT2D eigenvalue weighted by molar-refractivity contribution is 6.30. The highest BCUT2D eigenvalue weighted by Crippen LogP contribution is 2.38. The number of fused-ring (bicyclic) bond motifs is 1. The van der Waals surface area contributed by atoms with Crippen LogP contribution in [-0.2, 0) is 11.4 Å². The third kappa shape index (κ3) is 3.69. The summed E-state index contributed by atoms with van der Waals surface area (Å²) in [4.78, 5) is 16.4. The second-order valence-corrected chi connectivity index (χ2v) is 6.92. The van der Waals surface area contributed by atoms with Crippen LogP contribution in [0.15, 0.2) is 59.1 Å². The molecule has 138 valence electrons. The predicted molar refractivity (Wildman–Crippen MR) is 105 cm³/mol. The normalized spacial score (nSPS) is 18.3. The predicted octanol–water partition coefficient (Wildman–Crippen LogP) is 3.87. The van der Waals surface area contributed by atoms with Gasteiger partial charge < -0.3 is 14.8 Å². The van der Waals surface area contributed by atoms with E-state index in [1.807, 2.05) is 42.5 Å². The van der Waals surface area contributed by atoms with Gasteiger partial charge in [0.2, 0.25) is 5.91 Å². The third-order valence-corrected chi connectivity index (χ3v) is 4.97. The monoisotopic (exact) mass is 382 g/mol. The Morgan fingerprint density at radius 3 is 2.93 bits per heavy atom. The minimum absolute atomic E-state index is 0.0157. The van der Waals surface area contributed by atoms with E-state index in [0.717, 1.165) is 16.7 Å². The Labute approximate surface area is 162 Å². The quantitative estimate of drug-likeness (QED) is 0.853. The molecule has 0 saturated carbocycles. The summed E-state index contributed by atoms with van der Waals surface area (Å²) in [6.07, 6.45) is 2.46. The second-order valence-electron chi connectivity index (χ2n) is 6.48. The molecule has 4 rings (SSSR count). The maximum Gasteiger partial charge on any atom is 0.226 e. The SMILES string of the molecule is COc1cc(C2CC(=O)NC3=NCC=C32)ccc1OCc1cccc(Cl)c1. The van der Waals surface area contributed by atoms with Crippen molar-refractivity contribution < 1.29 is 14.3 Å². The van der Waals surface area contributed by atoms with Crippen LogP contribution in [0.25, 0.3) is 0 Å². The summed E-state index contributed by atoms with van der Waals surface area (Å²) in [6, 6.07) is 13.4. The first kappa shape index (κ1) is 17.6. The number of piperidine rings is 1. The van der Waals surface area contributed by atoms with Crippen LogP contribution >= 0.6 is 11.6 Å². The van der Waals surface area contributed by atoms with Crippen molar-refractivity contribution in [2.45, 2.75) is 18.9 Å². The summed E-state index contributed by atoms with van der Waals surface area (Å²) in [6.45, 7) is 1.00. The van der Waals surface area contributed by atoms with Crippen molar-refractivity contribution in [1.82, 2.24) is 5.32 Å². The van der Waals surface area contributed by atoms with Crippen molar-refractivity contribution in [3.05, 3.63) is 70.3 Å². The van der Waals surface area contributed by atoms with Gasteiger partial charge in [-0.2, -0.15) is 0 Å². The Bertz CT molecular complexity index is 952. The summed E-state index contributed by atoms with van der Waals surface area (Å²) in [5.74, 6) is 1.94. The number of methoxy groups -OCH3 is 1. The van der Waals surface area contributed by atoms with E-state index in [1.54, 1.807) is 7.11 Å². The molecule has 27 heavy (non-hydrogen) atoms. The van der Waals surface area contributed by atoms with Gasteiger partial charge in [0, 0.05) is 22.9 Å². The lowest BCUT2D eigenvalue weighted by molar-refractivity contribution is -0.120. The van der Waals surface area contributed by atoms with E-state index in [1.165, 1.54) is 0 Å². The highest BCUT2D eigenvalue weighted by Gasteiger charge is 2.32. The van der Waals surface area contributed by atoms with Crippen molar-refractivity contribution >= 4 is 23.3 Å². The molecule has 0 aromatic heterocycles. The molecule has 1 amide bonds. The Morgan fingerprint density at radius 1 is 1.22 bits per heavy atom. The lowest BCUT2D eigenvalue weighted by atomic mass is 9.85. The smallest absolute Gasteiger partial charge is 0.226 e. The Balaban J connectivity index is 1.56. The first-order chi connectivity index (χ1) is 13.1. The number of carbonyl (C=O) groups is 1. The standard InChI is InChI=1S/C21H19ClN2O3/c1-26-19-10-14(17-11-20(25)24-21-16(17)7-8-23-21)5-6-18(19)27-12-13-3-2-4-15(22)9-13/h2-7,9-10,17H,8,11-12H2,1H3,(H,23,24,25). The van der Waals surface area contributed by atoms with Gasteiger partial charge in [-0.15, -0.1) is 0 Å². The van der Waals surface area contributed by atoms with Gasteiger partial charge in [0.25, 0.3) is 0 Å². The van der Waals surface area contributed by atoms with E-state index in [9.17, 15) is 4.79 Å². The summed E-state index contributed by atoms with van der Waals surface area (Å²) in [5, 5.41) is 3.51. The highest BCUT2D eigenvalue weighted by atomic mass is 35.5. The van der Waals surface area contributed by atoms with Gasteiger partial charge >= 0.3 is 0 Å². The van der Waals surface area contributed by atoms with Crippen molar-refractivity contribution in [2.75, 3.05) is 13.7 Å². The van der Waals surface area contributed by atoms with Gasteiger partial charge in [0.15, 0.2) is 11.5 Å². The molecule has 1 N–H and O–H groups in total. The first-order valence-electron chi connectivity index (χ1n) is 8.74. The Kier molecular flexibility index (Phi) is 4.86. The first-order valence-corrected chi connectivity index (χ1v) is 9.12. The van der Waals surface area contributed by atoms with E-state index < -0.39 is 0 Å². The molecule has 6 heteroatoms. The number of nitrogens with zero attached hydrogens (tertiary/aromatic N) is 1. The molecule has 0 aliphatic carbocycles. The third-order valence-electron chi connectivity index (χ3n) is 4.73. The van der Waals surface area contributed by atoms with Crippen LogP contribution in [0.1, 0.15) is 23.5 Å². The fourth-order valence-electron chi connectivity index (χ4n) is 3.43. The van der Waals surface area contributed by atoms with E-state index in [2.05, 4.69) is 16.4 Å². The van der Waals surface area contributed by atoms with E-state index >= 15 is 0 Å². The van der Waals surface area contributed by atoms with Crippen molar-refractivity contribution in [3.63, 3.8) is 0 Å². The molecular formula is C21H19ClN2O3. The molecule has 2 aromatic carbocycles. The maximum atomic E-state index is 12.0. The number of halogens is 1. The molecule has 1 fully saturated rings. The van der Waals surface area contributed by atoms with Crippen molar-refractivity contribution in [1.29, 1.82) is 0 Å². The zero-order valence-corrected chi connectivity index (χ0v) is 15.6. The molecule has 2 heterocycles. The van der Waals surface area contributed by atoms with Gasteiger partial charge in [-0.25, -0.2) is 0 Å². The van der Waals surface area contributed by atoms with Gasteiger partial charge in [-0.1, -0.05) is 35.9 Å². The molecule has 5 nitrogen and oxygen atoms in total. The zero-order valence-electron chi connectivity index (χ0n) is 14.9. The molecule has 1 unspecified atom stereocenters. The number of ether oxygens (including phenoxy) is 2. The summed E-state index contributed by atoms with van der Waals surface area (Å²) < 4.78 is 11.4. The molecule has 0 radical (unpaired) electrons.